The summed E-state index contributed by atoms with van der Waals surface area (Å²) in [4.78, 5) is 73.8. The van der Waals surface area contributed by atoms with E-state index in [1.807, 2.05) is 49.3 Å². The molecule has 0 aromatic heterocycles. The smallest absolute Gasteiger partial charge is 0.410 e. The molecule has 1 unspecified atom stereocenters. The molecular weight excluding hydrogens is 745 g/mol. The summed E-state index contributed by atoms with van der Waals surface area (Å²) >= 11 is 0. The number of fused-ring (bicyclic) bond motifs is 3. The van der Waals surface area contributed by atoms with Crippen LogP contribution in [0.15, 0.2) is 30.4 Å². The topological polar surface area (TPSA) is 193 Å². The van der Waals surface area contributed by atoms with E-state index in [0.717, 1.165) is 30.5 Å². The highest BCUT2D eigenvalue weighted by Crippen LogP contribution is 2.46. The van der Waals surface area contributed by atoms with Crippen LogP contribution in [0.3, 0.4) is 0 Å². The van der Waals surface area contributed by atoms with Gasteiger partial charge in [0.15, 0.2) is 0 Å². The quantitative estimate of drug-likeness (QED) is 0.311. The van der Waals surface area contributed by atoms with Gasteiger partial charge in [-0.05, 0) is 96.7 Å². The molecule has 1 saturated heterocycles. The number of alkyl carbamates (subject to hydrolysis) is 1. The van der Waals surface area contributed by atoms with Gasteiger partial charge >= 0.3 is 12.2 Å². The Bertz CT molecular complexity index is 1830. The molecule has 3 aliphatic heterocycles. The molecule has 5 atom stereocenters. The Kier molecular flexibility index (Phi) is 12.2. The third-order valence-electron chi connectivity index (χ3n) is 10.8. The van der Waals surface area contributed by atoms with Gasteiger partial charge in [0.2, 0.25) is 21.8 Å². The number of allylic oxidation sites excluding steroid dienone is 1. The molecule has 308 valence electrons. The standard InChI is InChI=1S/C39H56N6O10S/c1-38(2,3)55-36(49)40-31-12-10-8-6-7-9-11-27-21-39(27,35(48)42-56(51,52)30-15-16-30)41-33(46)32-20-29(24-45(32)34(31)47)54-37(50)44-22-25-13-14-28(19-26(25)23-44)53-18-17-43(4)5/h9,11,13-14,19,27,29-32H,6-8,10,12,15-18,20-24H2,1-5H3,(H,40,49)(H,41,46)(H,42,48)/t27-,29-,31+,32?,39-/m1/s1. The summed E-state index contributed by atoms with van der Waals surface area (Å²) in [6, 6.07) is 3.45. The van der Waals surface area contributed by atoms with Crippen LogP contribution in [0.5, 0.6) is 5.75 Å². The number of carbonyl (C=O) groups is 5. The molecule has 5 amide bonds. The molecule has 17 heteroatoms. The molecule has 3 fully saturated rings. The Morgan fingerprint density at radius 3 is 2.50 bits per heavy atom. The molecule has 56 heavy (non-hydrogen) atoms. The van der Waals surface area contributed by atoms with Crippen LogP contribution in [0.4, 0.5) is 9.59 Å². The maximum absolute atomic E-state index is 14.4. The van der Waals surface area contributed by atoms with Crippen molar-refractivity contribution in [2.24, 2.45) is 5.92 Å². The molecule has 3 N–H and O–H groups in total. The van der Waals surface area contributed by atoms with Crippen LogP contribution in [-0.4, -0.2) is 121 Å². The van der Waals surface area contributed by atoms with Crippen molar-refractivity contribution in [2.75, 3.05) is 33.8 Å². The van der Waals surface area contributed by atoms with Crippen LogP contribution >= 0.6 is 0 Å². The summed E-state index contributed by atoms with van der Waals surface area (Å²) in [5.41, 5.74) is -0.488. The number of benzene rings is 1. The molecule has 1 aromatic carbocycles. The lowest BCUT2D eigenvalue weighted by atomic mass is 10.0. The van der Waals surface area contributed by atoms with E-state index in [1.165, 1.54) is 4.90 Å². The second kappa shape index (κ2) is 16.6. The molecule has 1 aromatic rings. The van der Waals surface area contributed by atoms with Crippen molar-refractivity contribution in [3.05, 3.63) is 41.5 Å². The van der Waals surface area contributed by atoms with Crippen LogP contribution in [0, 0.1) is 5.92 Å². The fraction of sp³-hybridized carbons (Fsp3) is 0.667. The highest BCUT2D eigenvalue weighted by molar-refractivity contribution is 7.91. The molecule has 2 saturated carbocycles. The Labute approximate surface area is 329 Å². The van der Waals surface area contributed by atoms with Crippen molar-refractivity contribution in [1.29, 1.82) is 0 Å². The first-order valence-corrected chi connectivity index (χ1v) is 21.2. The number of likely N-dealkylation sites (N-methyl/N-ethyl adjacent to an activating group) is 1. The van der Waals surface area contributed by atoms with Gasteiger partial charge in [-0.25, -0.2) is 18.0 Å². The van der Waals surface area contributed by atoms with Crippen LogP contribution in [0.25, 0.3) is 0 Å². The zero-order valence-electron chi connectivity index (χ0n) is 33.0. The predicted molar refractivity (Wildman–Crippen MR) is 205 cm³/mol. The first-order chi connectivity index (χ1) is 26.4. The van der Waals surface area contributed by atoms with E-state index >= 15 is 0 Å². The van der Waals surface area contributed by atoms with Crippen molar-refractivity contribution in [2.45, 2.75) is 126 Å². The number of sulfonamides is 1. The number of hydrogen-bond donors (Lipinski definition) is 3. The van der Waals surface area contributed by atoms with Crippen molar-refractivity contribution < 1.29 is 46.6 Å². The minimum Gasteiger partial charge on any atom is -0.492 e. The number of carbonyl (C=O) groups excluding carboxylic acids is 5. The minimum absolute atomic E-state index is 0.0777. The highest BCUT2D eigenvalue weighted by Gasteiger charge is 2.62. The van der Waals surface area contributed by atoms with E-state index < -0.39 is 80.4 Å². The Hall–Kier alpha value is -4.38. The van der Waals surface area contributed by atoms with E-state index in [9.17, 15) is 32.4 Å². The van der Waals surface area contributed by atoms with Gasteiger partial charge in [0.05, 0.1) is 11.8 Å². The normalized spacial score (nSPS) is 26.9. The van der Waals surface area contributed by atoms with E-state index in [4.69, 9.17) is 14.2 Å². The van der Waals surface area contributed by atoms with Crippen molar-refractivity contribution in [3.63, 3.8) is 0 Å². The van der Waals surface area contributed by atoms with Crippen molar-refractivity contribution >= 4 is 39.9 Å². The fourth-order valence-electron chi connectivity index (χ4n) is 7.45. The molecule has 5 aliphatic rings. The first kappa shape index (κ1) is 41.3. The average molecular weight is 801 g/mol. The summed E-state index contributed by atoms with van der Waals surface area (Å²) in [6.07, 6.45) is 5.54. The summed E-state index contributed by atoms with van der Waals surface area (Å²) in [7, 11) is 0.0161. The van der Waals surface area contributed by atoms with Gasteiger partial charge in [-0.15, -0.1) is 0 Å². The maximum Gasteiger partial charge on any atom is 0.410 e. The van der Waals surface area contributed by atoms with E-state index in [0.29, 0.717) is 44.6 Å². The first-order valence-electron chi connectivity index (χ1n) is 19.6. The van der Waals surface area contributed by atoms with Gasteiger partial charge in [-0.3, -0.25) is 24.0 Å². The van der Waals surface area contributed by atoms with Gasteiger partial charge < -0.3 is 34.6 Å². The molecule has 3 heterocycles. The number of nitrogens with one attached hydrogen (secondary N) is 3. The Balaban J connectivity index is 1.21. The van der Waals surface area contributed by atoms with Gasteiger partial charge in [0.25, 0.3) is 5.91 Å². The molecule has 16 nitrogen and oxygen atoms in total. The van der Waals surface area contributed by atoms with Crippen LogP contribution < -0.4 is 20.1 Å². The third-order valence-corrected chi connectivity index (χ3v) is 12.6. The fourth-order valence-corrected chi connectivity index (χ4v) is 8.81. The zero-order chi connectivity index (χ0) is 40.4. The summed E-state index contributed by atoms with van der Waals surface area (Å²) < 4.78 is 45.1. The lowest BCUT2D eigenvalue weighted by molar-refractivity contribution is -0.141. The van der Waals surface area contributed by atoms with Crippen molar-refractivity contribution in [3.8, 4) is 5.75 Å². The van der Waals surface area contributed by atoms with E-state index in [-0.39, 0.29) is 32.4 Å². The molecule has 0 spiro atoms. The summed E-state index contributed by atoms with van der Waals surface area (Å²) in [6.45, 7) is 6.86. The second-order valence-corrected chi connectivity index (χ2v) is 18.9. The molecule has 6 rings (SSSR count). The molecule has 0 radical (unpaired) electrons. The monoisotopic (exact) mass is 800 g/mol. The summed E-state index contributed by atoms with van der Waals surface area (Å²) in [5, 5.41) is 4.89. The predicted octanol–water partition coefficient (Wildman–Crippen LogP) is 2.95. The average Bonchev–Trinajstić information content (AvgIpc) is 4.00. The number of amides is 5. The van der Waals surface area contributed by atoms with Gasteiger partial charge in [0, 0.05) is 32.0 Å². The van der Waals surface area contributed by atoms with Crippen LogP contribution in [0.2, 0.25) is 0 Å². The SMILES string of the molecule is CN(C)CCOc1ccc2c(c1)CN(C(=O)O[C@@H]1CC3C(=O)N[C@]4(C(=O)NS(=O)(=O)C5CC5)C[C@H]4C=CCCCCC[C@H](NC(=O)OC(C)(C)C)C(=O)N3C1)C2. The lowest BCUT2D eigenvalue weighted by Crippen LogP contribution is -2.58. The third kappa shape index (κ3) is 10.1. The van der Waals surface area contributed by atoms with Gasteiger partial charge in [0.1, 0.15) is 41.7 Å². The molecular formula is C39H56N6O10S. The Morgan fingerprint density at radius 1 is 1.04 bits per heavy atom. The second-order valence-electron chi connectivity index (χ2n) is 16.9. The maximum atomic E-state index is 14.4. The van der Waals surface area contributed by atoms with E-state index in [1.54, 1.807) is 25.7 Å². The Morgan fingerprint density at radius 2 is 1.79 bits per heavy atom. The van der Waals surface area contributed by atoms with Crippen LogP contribution in [-0.2, 0) is 47.0 Å². The molecule has 2 aliphatic carbocycles. The number of ether oxygens (including phenoxy) is 3. The van der Waals surface area contributed by atoms with Gasteiger partial charge in [-0.1, -0.05) is 31.1 Å². The number of rotatable bonds is 9. The minimum atomic E-state index is -3.91. The zero-order valence-corrected chi connectivity index (χ0v) is 33.8. The van der Waals surface area contributed by atoms with Crippen LogP contribution in [0.1, 0.15) is 89.7 Å². The highest BCUT2D eigenvalue weighted by atomic mass is 32.2. The summed E-state index contributed by atoms with van der Waals surface area (Å²) in [5.74, 6) is -1.82. The molecule has 0 bridgehead atoms. The number of nitrogens with zero attached hydrogens (tertiary/aromatic N) is 3. The van der Waals surface area contributed by atoms with E-state index in [2.05, 4.69) is 15.4 Å². The number of hydrogen-bond acceptors (Lipinski definition) is 11. The largest absolute Gasteiger partial charge is 0.492 e. The lowest BCUT2D eigenvalue weighted by Gasteiger charge is -2.30. The van der Waals surface area contributed by atoms with Gasteiger partial charge in [-0.2, -0.15) is 0 Å². The van der Waals surface area contributed by atoms with Crippen molar-refractivity contribution in [1.82, 2.24) is 30.1 Å².